The third-order valence-electron chi connectivity index (χ3n) is 6.83. The Morgan fingerprint density at radius 3 is 2.39 bits per heavy atom. The van der Waals surface area contributed by atoms with Gasteiger partial charge in [-0.2, -0.15) is 18.2 Å². The highest BCUT2D eigenvalue weighted by atomic mass is 32.2. The summed E-state index contributed by atoms with van der Waals surface area (Å²) in [5, 5.41) is 4.52. The number of thioether (sulfide) groups is 1. The van der Waals surface area contributed by atoms with Gasteiger partial charge < -0.3 is 0 Å². The molecular weight excluding hydrogens is 598 g/mol. The van der Waals surface area contributed by atoms with Crippen LogP contribution in [0.2, 0.25) is 0 Å². The van der Waals surface area contributed by atoms with Crippen molar-refractivity contribution in [1.82, 2.24) is 25.6 Å². The molecule has 228 valence electrons. The van der Waals surface area contributed by atoms with Gasteiger partial charge in [-0.15, -0.1) is 5.10 Å². The molecule has 2 N–H and O–H groups in total. The summed E-state index contributed by atoms with van der Waals surface area (Å²) in [6, 6.07) is 15.0. The van der Waals surface area contributed by atoms with Crippen LogP contribution in [-0.2, 0) is 11.0 Å². The number of carbonyl (C=O) groups excluding carboxylic acids is 2. The number of benzene rings is 3. The monoisotopic (exact) mass is 625 g/mol. The summed E-state index contributed by atoms with van der Waals surface area (Å²) < 4.78 is 54.0. The van der Waals surface area contributed by atoms with E-state index in [2.05, 4.69) is 25.9 Å². The van der Waals surface area contributed by atoms with Crippen molar-refractivity contribution in [2.45, 2.75) is 38.9 Å². The zero-order chi connectivity index (χ0) is 31.6. The maximum atomic E-state index is 14.1. The molecule has 1 aliphatic rings. The number of urea groups is 1. The highest BCUT2D eigenvalue weighted by Gasteiger charge is 2.33. The zero-order valence-corrected chi connectivity index (χ0v) is 24.6. The summed E-state index contributed by atoms with van der Waals surface area (Å²) in [6.07, 6.45) is -3.00. The number of aliphatic imine (C=N–C) groups is 1. The highest BCUT2D eigenvalue weighted by molar-refractivity contribution is 8.15. The molecule has 9 nitrogen and oxygen atoms in total. The number of alkyl halides is 3. The number of nitrogens with one attached hydrogen (secondary N) is 2. The summed E-state index contributed by atoms with van der Waals surface area (Å²) in [5.41, 5.74) is 7.71. The van der Waals surface area contributed by atoms with Gasteiger partial charge >= 0.3 is 12.2 Å². The normalized spacial score (nSPS) is 15.3. The first-order valence-electron chi connectivity index (χ1n) is 13.5. The van der Waals surface area contributed by atoms with Crippen LogP contribution in [0.3, 0.4) is 0 Å². The van der Waals surface area contributed by atoms with Crippen molar-refractivity contribution >= 4 is 34.6 Å². The molecule has 2 heterocycles. The van der Waals surface area contributed by atoms with Gasteiger partial charge in [-0.25, -0.2) is 24.3 Å². The van der Waals surface area contributed by atoms with Gasteiger partial charge in [-0.1, -0.05) is 55.9 Å². The molecule has 1 aromatic heterocycles. The van der Waals surface area contributed by atoms with Crippen LogP contribution in [0.5, 0.6) is 0 Å². The van der Waals surface area contributed by atoms with Crippen LogP contribution in [-0.4, -0.2) is 37.6 Å². The molecule has 14 heteroatoms. The number of amidine groups is 1. The minimum absolute atomic E-state index is 0.0125. The van der Waals surface area contributed by atoms with E-state index in [9.17, 15) is 27.2 Å². The van der Waals surface area contributed by atoms with Crippen LogP contribution in [0, 0.1) is 5.82 Å². The van der Waals surface area contributed by atoms with Crippen LogP contribution in [0.1, 0.15) is 49.4 Å². The van der Waals surface area contributed by atoms with Crippen LogP contribution in [0.15, 0.2) is 78.0 Å². The van der Waals surface area contributed by atoms with Gasteiger partial charge in [-0.3, -0.25) is 15.1 Å². The van der Waals surface area contributed by atoms with E-state index in [1.165, 1.54) is 40.2 Å². The summed E-state index contributed by atoms with van der Waals surface area (Å²) in [5.74, 6) is -0.322. The summed E-state index contributed by atoms with van der Waals surface area (Å²) in [4.78, 5) is 34.9. The van der Waals surface area contributed by atoms with Gasteiger partial charge in [0.15, 0.2) is 11.0 Å². The Balaban J connectivity index is 1.22. The largest absolute Gasteiger partial charge is 0.416 e. The Kier molecular flexibility index (Phi) is 8.83. The quantitative estimate of drug-likeness (QED) is 0.177. The number of hydrazine groups is 1. The number of aromatic nitrogens is 3. The molecule has 1 saturated heterocycles. The first-order valence-corrected chi connectivity index (χ1v) is 14.5. The lowest BCUT2D eigenvalue weighted by atomic mass is 10.0. The molecule has 0 bridgehead atoms. The maximum absolute atomic E-state index is 14.1. The van der Waals surface area contributed by atoms with Crippen molar-refractivity contribution in [3.05, 3.63) is 95.6 Å². The van der Waals surface area contributed by atoms with E-state index in [1.807, 2.05) is 32.9 Å². The lowest BCUT2D eigenvalue weighted by molar-refractivity contribution is -0.137. The lowest BCUT2D eigenvalue weighted by Crippen LogP contribution is -2.39. The molecule has 1 fully saturated rings. The van der Waals surface area contributed by atoms with Crippen molar-refractivity contribution in [1.29, 1.82) is 0 Å². The fourth-order valence-electron chi connectivity index (χ4n) is 4.49. The van der Waals surface area contributed by atoms with Gasteiger partial charge in [-0.05, 0) is 60.4 Å². The number of hydrogen-bond acceptors (Lipinski definition) is 6. The fourth-order valence-corrected chi connectivity index (χ4v) is 5.35. The van der Waals surface area contributed by atoms with E-state index in [0.717, 1.165) is 35.0 Å². The SMILES string of the molecule is CC(C)c1ccc(F)cc1N1C(=O)CSC1=NC(=O)NNC(C)c1ccc(-c2ncn(-c3ccc(C(F)(F)F)cc3)n2)cc1. The smallest absolute Gasteiger partial charge is 0.273 e. The molecule has 1 unspecified atom stereocenters. The summed E-state index contributed by atoms with van der Waals surface area (Å²) in [7, 11) is 0. The second-order valence-corrected chi connectivity index (χ2v) is 11.2. The summed E-state index contributed by atoms with van der Waals surface area (Å²) >= 11 is 1.10. The Hall–Kier alpha value is -4.56. The van der Waals surface area contributed by atoms with E-state index in [0.29, 0.717) is 22.8 Å². The average Bonchev–Trinajstić information content (AvgIpc) is 3.62. The number of rotatable bonds is 7. The topological polar surface area (TPSA) is 105 Å². The van der Waals surface area contributed by atoms with Crippen molar-refractivity contribution < 1.29 is 27.2 Å². The van der Waals surface area contributed by atoms with Crippen molar-refractivity contribution in [2.75, 3.05) is 10.7 Å². The molecule has 44 heavy (non-hydrogen) atoms. The molecule has 3 amide bonds. The first-order chi connectivity index (χ1) is 20.9. The second-order valence-electron chi connectivity index (χ2n) is 10.2. The Labute approximate surface area is 254 Å². The highest BCUT2D eigenvalue weighted by Crippen LogP contribution is 2.34. The lowest BCUT2D eigenvalue weighted by Gasteiger charge is -2.21. The molecule has 1 atom stereocenters. The molecule has 1 aliphatic heterocycles. The average molecular weight is 626 g/mol. The molecule has 0 spiro atoms. The third-order valence-corrected chi connectivity index (χ3v) is 7.76. The molecule has 3 aromatic carbocycles. The number of halogens is 4. The van der Waals surface area contributed by atoms with Crippen molar-refractivity contribution in [3.63, 3.8) is 0 Å². The number of amides is 3. The molecule has 4 aromatic rings. The summed E-state index contributed by atoms with van der Waals surface area (Å²) in [6.45, 7) is 5.68. The number of hydrogen-bond donors (Lipinski definition) is 2. The van der Waals surface area contributed by atoms with Gasteiger partial charge in [0.05, 0.1) is 22.7 Å². The Bertz CT molecular complexity index is 1700. The van der Waals surface area contributed by atoms with E-state index < -0.39 is 23.6 Å². The molecule has 0 saturated carbocycles. The fraction of sp³-hybridized carbons (Fsp3) is 0.233. The minimum Gasteiger partial charge on any atom is -0.273 e. The van der Waals surface area contributed by atoms with Crippen LogP contribution in [0.4, 0.5) is 28.0 Å². The predicted octanol–water partition coefficient (Wildman–Crippen LogP) is 6.63. The van der Waals surface area contributed by atoms with Crippen LogP contribution >= 0.6 is 11.8 Å². The van der Waals surface area contributed by atoms with E-state index in [1.54, 1.807) is 18.2 Å². The third kappa shape index (κ3) is 6.81. The van der Waals surface area contributed by atoms with Gasteiger partial charge in [0.25, 0.3) is 0 Å². The number of carbonyl (C=O) groups is 2. The Morgan fingerprint density at radius 2 is 1.73 bits per heavy atom. The molecular formula is C30H27F4N7O2S. The molecule has 0 radical (unpaired) electrons. The molecule has 0 aliphatic carbocycles. The van der Waals surface area contributed by atoms with E-state index in [4.69, 9.17) is 0 Å². The van der Waals surface area contributed by atoms with Crippen molar-refractivity contribution in [3.8, 4) is 17.1 Å². The predicted molar refractivity (Wildman–Crippen MR) is 160 cm³/mol. The van der Waals surface area contributed by atoms with E-state index in [-0.39, 0.29) is 28.8 Å². The minimum atomic E-state index is -4.42. The first kappa shape index (κ1) is 30.9. The maximum Gasteiger partial charge on any atom is 0.416 e. The number of nitrogens with zero attached hydrogens (tertiary/aromatic N) is 5. The second kappa shape index (κ2) is 12.6. The van der Waals surface area contributed by atoms with Gasteiger partial charge in [0.2, 0.25) is 5.91 Å². The van der Waals surface area contributed by atoms with Crippen molar-refractivity contribution in [2.24, 2.45) is 4.99 Å². The zero-order valence-electron chi connectivity index (χ0n) is 23.8. The number of anilines is 1. The standard InChI is InChI=1S/C30H27F4N7O2S/c1-17(2)24-13-10-22(31)14-25(24)41-26(42)15-44-29(41)36-28(43)38-37-18(3)19-4-6-20(7-5-19)27-35-16-40(39-27)23-11-8-21(9-12-23)30(32,33)34/h4-14,16-18,37H,15H2,1-3H3,(H,38,43). The van der Waals surface area contributed by atoms with Crippen LogP contribution in [0.25, 0.3) is 17.1 Å². The van der Waals surface area contributed by atoms with E-state index >= 15 is 0 Å². The van der Waals surface area contributed by atoms with Gasteiger partial charge in [0, 0.05) is 11.6 Å². The Morgan fingerprint density at radius 1 is 1.02 bits per heavy atom. The molecule has 5 rings (SSSR count). The van der Waals surface area contributed by atoms with Gasteiger partial charge in [0.1, 0.15) is 12.1 Å². The van der Waals surface area contributed by atoms with Crippen LogP contribution < -0.4 is 15.8 Å².